The molecule has 0 radical (unpaired) electrons. The predicted molar refractivity (Wildman–Crippen MR) is 70.0 cm³/mol. The van der Waals surface area contributed by atoms with E-state index in [0.29, 0.717) is 0 Å². The molecule has 5 nitrogen and oxygen atoms in total. The van der Waals surface area contributed by atoms with Crippen molar-refractivity contribution in [1.29, 1.82) is 0 Å². The molecule has 1 aromatic rings. The lowest BCUT2D eigenvalue weighted by Gasteiger charge is -2.38. The highest BCUT2D eigenvalue weighted by Crippen LogP contribution is 2.30. The number of amides is 1. The van der Waals surface area contributed by atoms with Gasteiger partial charge < -0.3 is 5.32 Å². The van der Waals surface area contributed by atoms with E-state index < -0.39 is 18.1 Å². The molecule has 1 aliphatic heterocycles. The maximum Gasteiger partial charge on any atom is 0.404 e. The van der Waals surface area contributed by atoms with Crippen molar-refractivity contribution >= 4 is 17.5 Å². The second-order valence-corrected chi connectivity index (χ2v) is 5.37. The molecule has 0 aromatic carbocycles. The monoisotopic (exact) mass is 322 g/mol. The number of rotatable bonds is 2. The SMILES string of the molecule is CN1C[C@H](NC(=O)c2ncncc2Cl)CC[C@H]1C(F)(F)F. The second kappa shape index (κ2) is 6.15. The third kappa shape index (κ3) is 3.82. The van der Waals surface area contributed by atoms with Gasteiger partial charge in [0.1, 0.15) is 18.1 Å². The van der Waals surface area contributed by atoms with Crippen molar-refractivity contribution in [2.45, 2.75) is 31.1 Å². The number of hydrogen-bond donors (Lipinski definition) is 1. The molecule has 0 aliphatic carbocycles. The third-order valence-corrected chi connectivity index (χ3v) is 3.70. The van der Waals surface area contributed by atoms with Gasteiger partial charge in [0.2, 0.25) is 0 Å². The lowest BCUT2D eigenvalue weighted by molar-refractivity contribution is -0.188. The number of likely N-dealkylation sites (tertiary alicyclic amines) is 1. The zero-order chi connectivity index (χ0) is 15.6. The number of likely N-dealkylation sites (N-methyl/N-ethyl adjacent to an activating group) is 1. The summed E-state index contributed by atoms with van der Waals surface area (Å²) in [5.74, 6) is -0.508. The highest BCUT2D eigenvalue weighted by molar-refractivity contribution is 6.33. The molecule has 2 heterocycles. The maximum atomic E-state index is 12.7. The second-order valence-electron chi connectivity index (χ2n) is 4.96. The number of halogens is 4. The van der Waals surface area contributed by atoms with Crippen molar-refractivity contribution in [2.24, 2.45) is 0 Å². The topological polar surface area (TPSA) is 58.1 Å². The molecular formula is C12H14ClF3N4O. The smallest absolute Gasteiger partial charge is 0.347 e. The Kier molecular flexibility index (Phi) is 4.67. The number of piperidine rings is 1. The van der Waals surface area contributed by atoms with Crippen molar-refractivity contribution in [3.63, 3.8) is 0 Å². The van der Waals surface area contributed by atoms with Crippen molar-refractivity contribution < 1.29 is 18.0 Å². The van der Waals surface area contributed by atoms with Crippen LogP contribution in [0.5, 0.6) is 0 Å². The van der Waals surface area contributed by atoms with E-state index in [1.54, 1.807) is 0 Å². The fraction of sp³-hybridized carbons (Fsp3) is 0.583. The van der Waals surface area contributed by atoms with Crippen LogP contribution in [0.25, 0.3) is 0 Å². The zero-order valence-corrected chi connectivity index (χ0v) is 11.9. The first-order valence-electron chi connectivity index (χ1n) is 6.32. The van der Waals surface area contributed by atoms with Crippen LogP contribution in [0.15, 0.2) is 12.5 Å². The van der Waals surface area contributed by atoms with Crippen LogP contribution in [0.3, 0.4) is 0 Å². The van der Waals surface area contributed by atoms with E-state index in [9.17, 15) is 18.0 Å². The van der Waals surface area contributed by atoms with Gasteiger partial charge in [-0.2, -0.15) is 13.2 Å². The van der Waals surface area contributed by atoms with E-state index in [2.05, 4.69) is 15.3 Å². The summed E-state index contributed by atoms with van der Waals surface area (Å²) >= 11 is 5.80. The summed E-state index contributed by atoms with van der Waals surface area (Å²) in [5, 5.41) is 2.76. The Morgan fingerprint density at radius 1 is 1.48 bits per heavy atom. The van der Waals surface area contributed by atoms with E-state index >= 15 is 0 Å². The summed E-state index contributed by atoms with van der Waals surface area (Å²) in [4.78, 5) is 20.6. The number of aromatic nitrogens is 2. The van der Waals surface area contributed by atoms with Crippen molar-refractivity contribution in [3.8, 4) is 0 Å². The average Bonchev–Trinajstić information content (AvgIpc) is 2.37. The highest BCUT2D eigenvalue weighted by atomic mass is 35.5. The zero-order valence-electron chi connectivity index (χ0n) is 11.2. The highest BCUT2D eigenvalue weighted by Gasteiger charge is 2.44. The fourth-order valence-corrected chi connectivity index (χ4v) is 2.60. The number of nitrogens with one attached hydrogen (secondary N) is 1. The molecule has 0 spiro atoms. The molecule has 2 atom stereocenters. The van der Waals surface area contributed by atoms with Crippen LogP contribution < -0.4 is 5.32 Å². The van der Waals surface area contributed by atoms with Crippen LogP contribution in [-0.4, -0.2) is 52.6 Å². The lowest BCUT2D eigenvalue weighted by atomic mass is 9.98. The molecular weight excluding hydrogens is 309 g/mol. The van der Waals surface area contributed by atoms with E-state index in [1.807, 2.05) is 0 Å². The summed E-state index contributed by atoms with van der Waals surface area (Å²) in [6.45, 7) is 0.124. The van der Waals surface area contributed by atoms with E-state index in [4.69, 9.17) is 11.6 Å². The minimum absolute atomic E-state index is 0.0206. The van der Waals surface area contributed by atoms with E-state index in [0.717, 1.165) is 0 Å². The molecule has 0 unspecified atom stereocenters. The van der Waals surface area contributed by atoms with Gasteiger partial charge in [-0.15, -0.1) is 0 Å². The molecule has 1 fully saturated rings. The molecule has 9 heteroatoms. The molecule has 21 heavy (non-hydrogen) atoms. The van der Waals surface area contributed by atoms with Crippen LogP contribution in [0.2, 0.25) is 5.02 Å². The summed E-state index contributed by atoms with van der Waals surface area (Å²) in [5.41, 5.74) is 0.0206. The molecule has 1 saturated heterocycles. The Balaban J connectivity index is 1.97. The number of hydrogen-bond acceptors (Lipinski definition) is 4. The molecule has 1 amide bonds. The number of alkyl halides is 3. The van der Waals surface area contributed by atoms with Crippen LogP contribution in [0.4, 0.5) is 13.2 Å². The molecule has 1 aliphatic rings. The standard InChI is InChI=1S/C12H14ClF3N4O/c1-20-5-7(2-3-9(20)12(14,15)16)19-11(21)10-8(13)4-17-6-18-10/h4,6-7,9H,2-3,5H2,1H3,(H,19,21)/t7-,9+/m1/s1. The van der Waals surface area contributed by atoms with Crippen LogP contribution in [0.1, 0.15) is 23.3 Å². The number of carbonyl (C=O) groups is 1. The van der Waals surface area contributed by atoms with Crippen LogP contribution >= 0.6 is 11.6 Å². The van der Waals surface area contributed by atoms with E-state index in [1.165, 1.54) is 24.5 Å². The van der Waals surface area contributed by atoms with Gasteiger partial charge in [0.15, 0.2) is 0 Å². The van der Waals surface area contributed by atoms with Gasteiger partial charge in [0.05, 0.1) is 5.02 Å². The van der Waals surface area contributed by atoms with Gasteiger partial charge >= 0.3 is 6.18 Å². The van der Waals surface area contributed by atoms with Gasteiger partial charge in [0, 0.05) is 18.8 Å². The van der Waals surface area contributed by atoms with Crippen LogP contribution in [-0.2, 0) is 0 Å². The predicted octanol–water partition coefficient (Wildman–Crippen LogP) is 1.88. The summed E-state index contributed by atoms with van der Waals surface area (Å²) in [6.07, 6.45) is -1.57. The van der Waals surface area contributed by atoms with Gasteiger partial charge in [0.25, 0.3) is 5.91 Å². The summed E-state index contributed by atoms with van der Waals surface area (Å²) in [6, 6.07) is -1.83. The van der Waals surface area contributed by atoms with Crippen molar-refractivity contribution in [3.05, 3.63) is 23.2 Å². The molecule has 0 bridgehead atoms. The number of carbonyl (C=O) groups excluding carboxylic acids is 1. The van der Waals surface area contributed by atoms with E-state index in [-0.39, 0.29) is 36.1 Å². The Labute approximate surface area is 124 Å². The van der Waals surface area contributed by atoms with Crippen molar-refractivity contribution in [2.75, 3.05) is 13.6 Å². The Morgan fingerprint density at radius 2 is 2.19 bits per heavy atom. The first-order valence-corrected chi connectivity index (χ1v) is 6.70. The van der Waals surface area contributed by atoms with Gasteiger partial charge in [-0.25, -0.2) is 9.97 Å². The molecule has 2 rings (SSSR count). The quantitative estimate of drug-likeness (QED) is 0.903. The van der Waals surface area contributed by atoms with Gasteiger partial charge in [-0.3, -0.25) is 9.69 Å². The first-order chi connectivity index (χ1) is 9.79. The molecule has 0 saturated carbocycles. The normalized spacial score (nSPS) is 23.9. The summed E-state index contributed by atoms with van der Waals surface area (Å²) in [7, 11) is 1.40. The maximum absolute atomic E-state index is 12.7. The Morgan fingerprint density at radius 3 is 2.76 bits per heavy atom. The van der Waals surface area contributed by atoms with Crippen LogP contribution in [0, 0.1) is 0 Å². The molecule has 116 valence electrons. The minimum Gasteiger partial charge on any atom is -0.347 e. The Hall–Kier alpha value is -1.41. The van der Waals surface area contributed by atoms with Crippen molar-refractivity contribution in [1.82, 2.24) is 20.2 Å². The Bertz CT molecular complexity index is 525. The molecule has 1 N–H and O–H groups in total. The molecule has 1 aromatic heterocycles. The third-order valence-electron chi connectivity index (χ3n) is 3.42. The van der Waals surface area contributed by atoms with Gasteiger partial charge in [-0.05, 0) is 19.9 Å². The largest absolute Gasteiger partial charge is 0.404 e. The average molecular weight is 323 g/mol. The summed E-state index contributed by atoms with van der Waals surface area (Å²) < 4.78 is 38.2. The minimum atomic E-state index is -4.25. The lowest BCUT2D eigenvalue weighted by Crippen LogP contribution is -2.54. The van der Waals surface area contributed by atoms with Gasteiger partial charge in [-0.1, -0.05) is 11.6 Å². The fourth-order valence-electron chi connectivity index (χ4n) is 2.41. The first kappa shape index (κ1) is 16.0. The number of nitrogens with zero attached hydrogens (tertiary/aromatic N) is 3.